The number of rotatable bonds is 4. The second-order valence-corrected chi connectivity index (χ2v) is 2.89. The Balaban J connectivity index is 2.57. The first kappa shape index (κ1) is 9.94. The number of thiocarbonyl (C=S) groups is 1. The predicted octanol–water partition coefficient (Wildman–Crippen LogP) is -0.141. The van der Waals surface area contributed by atoms with Crippen LogP contribution in [0.25, 0.3) is 0 Å². The van der Waals surface area contributed by atoms with Crippen molar-refractivity contribution in [3.63, 3.8) is 0 Å². The minimum atomic E-state index is -0.906. The number of hydrogen-bond donors (Lipinski definition) is 2. The van der Waals surface area contributed by atoms with Gasteiger partial charge >= 0.3 is 5.97 Å². The zero-order valence-electron chi connectivity index (χ0n) is 7.02. The molecule has 6 heteroatoms. The third kappa shape index (κ3) is 2.67. The molecule has 0 amide bonds. The molecule has 0 aromatic carbocycles. The largest absolute Gasteiger partial charge is 0.480 e. The van der Waals surface area contributed by atoms with Gasteiger partial charge in [-0.2, -0.15) is 0 Å². The SMILES string of the molecule is CN[C@@H](CC1=NC(=S)N=C1)C(=O)O. The highest BCUT2D eigenvalue weighted by atomic mass is 32.1. The molecule has 70 valence electrons. The highest BCUT2D eigenvalue weighted by Gasteiger charge is 2.18. The van der Waals surface area contributed by atoms with Gasteiger partial charge in [0.2, 0.25) is 5.11 Å². The molecule has 0 aromatic heterocycles. The van der Waals surface area contributed by atoms with E-state index in [1.54, 1.807) is 7.05 Å². The van der Waals surface area contributed by atoms with Crippen LogP contribution in [-0.2, 0) is 4.79 Å². The van der Waals surface area contributed by atoms with Crippen molar-refractivity contribution in [2.24, 2.45) is 9.98 Å². The molecule has 2 N–H and O–H groups in total. The Morgan fingerprint density at radius 1 is 1.85 bits per heavy atom. The molecule has 0 unspecified atom stereocenters. The number of aliphatic carboxylic acids is 1. The molecule has 5 nitrogen and oxygen atoms in total. The van der Waals surface area contributed by atoms with E-state index in [2.05, 4.69) is 15.3 Å². The Morgan fingerprint density at radius 2 is 2.54 bits per heavy atom. The fourth-order valence-corrected chi connectivity index (χ4v) is 1.10. The van der Waals surface area contributed by atoms with Crippen LogP contribution in [0.2, 0.25) is 0 Å². The van der Waals surface area contributed by atoms with Crippen LogP contribution in [0.1, 0.15) is 6.42 Å². The zero-order chi connectivity index (χ0) is 9.84. The van der Waals surface area contributed by atoms with Crippen molar-refractivity contribution >= 4 is 35.2 Å². The summed E-state index contributed by atoms with van der Waals surface area (Å²) in [7, 11) is 1.59. The van der Waals surface area contributed by atoms with Crippen molar-refractivity contribution in [3.05, 3.63) is 0 Å². The van der Waals surface area contributed by atoms with Gasteiger partial charge in [0.15, 0.2) is 0 Å². The molecule has 0 aromatic rings. The predicted molar refractivity (Wildman–Crippen MR) is 53.6 cm³/mol. The third-order valence-electron chi connectivity index (χ3n) is 1.62. The van der Waals surface area contributed by atoms with E-state index in [4.69, 9.17) is 17.3 Å². The van der Waals surface area contributed by atoms with E-state index in [-0.39, 0.29) is 5.11 Å². The van der Waals surface area contributed by atoms with Gasteiger partial charge in [0.25, 0.3) is 0 Å². The summed E-state index contributed by atoms with van der Waals surface area (Å²) in [4.78, 5) is 18.2. The lowest BCUT2D eigenvalue weighted by molar-refractivity contribution is -0.139. The van der Waals surface area contributed by atoms with E-state index in [0.29, 0.717) is 12.1 Å². The molecule has 1 rings (SSSR count). The fourth-order valence-electron chi connectivity index (χ4n) is 0.931. The van der Waals surface area contributed by atoms with Crippen LogP contribution in [0.4, 0.5) is 0 Å². The van der Waals surface area contributed by atoms with Crippen molar-refractivity contribution in [3.8, 4) is 0 Å². The van der Waals surface area contributed by atoms with Crippen molar-refractivity contribution in [2.45, 2.75) is 12.5 Å². The number of likely N-dealkylation sites (N-methyl/N-ethyl adjacent to an activating group) is 1. The highest BCUT2D eigenvalue weighted by Crippen LogP contribution is 2.00. The molecule has 0 saturated carbocycles. The van der Waals surface area contributed by atoms with Gasteiger partial charge in [0.1, 0.15) is 6.04 Å². The topological polar surface area (TPSA) is 74.0 Å². The minimum absolute atomic E-state index is 0.259. The van der Waals surface area contributed by atoms with Gasteiger partial charge in [0.05, 0.1) is 11.9 Å². The van der Waals surface area contributed by atoms with Crippen molar-refractivity contribution in [1.29, 1.82) is 0 Å². The first-order chi connectivity index (χ1) is 6.13. The number of hydrogen-bond acceptors (Lipinski definition) is 3. The zero-order valence-corrected chi connectivity index (χ0v) is 7.84. The quantitative estimate of drug-likeness (QED) is 0.618. The first-order valence-electron chi connectivity index (χ1n) is 3.69. The average Bonchev–Trinajstić information content (AvgIpc) is 2.46. The third-order valence-corrected chi connectivity index (χ3v) is 1.82. The molecule has 0 aliphatic carbocycles. The Morgan fingerprint density at radius 3 is 2.92 bits per heavy atom. The molecular weight excluding hydrogens is 190 g/mol. The van der Waals surface area contributed by atoms with Gasteiger partial charge in [-0.3, -0.25) is 4.79 Å². The molecule has 1 atom stereocenters. The molecule has 0 saturated heterocycles. The van der Waals surface area contributed by atoms with E-state index in [9.17, 15) is 4.79 Å². The van der Waals surface area contributed by atoms with Crippen LogP contribution in [-0.4, -0.2) is 41.2 Å². The fraction of sp³-hybridized carbons (Fsp3) is 0.429. The average molecular weight is 199 g/mol. The molecule has 0 radical (unpaired) electrons. The summed E-state index contributed by atoms with van der Waals surface area (Å²) in [5.41, 5.74) is 0.603. The summed E-state index contributed by atoms with van der Waals surface area (Å²) in [5.74, 6) is -0.906. The monoisotopic (exact) mass is 199 g/mol. The summed E-state index contributed by atoms with van der Waals surface area (Å²) in [6, 6.07) is -0.633. The summed E-state index contributed by atoms with van der Waals surface area (Å²) >= 11 is 4.70. The second-order valence-electron chi connectivity index (χ2n) is 2.53. The van der Waals surface area contributed by atoms with Crippen LogP contribution in [0, 0.1) is 0 Å². The smallest absolute Gasteiger partial charge is 0.321 e. The number of carbonyl (C=O) groups is 1. The minimum Gasteiger partial charge on any atom is -0.480 e. The maximum Gasteiger partial charge on any atom is 0.321 e. The van der Waals surface area contributed by atoms with E-state index >= 15 is 0 Å². The Kier molecular flexibility index (Phi) is 3.21. The molecule has 1 aliphatic heterocycles. The van der Waals surface area contributed by atoms with Crippen LogP contribution in [0.5, 0.6) is 0 Å². The standard InChI is InChI=1S/C7H9N3O2S/c1-8-5(6(11)12)2-4-3-9-7(13)10-4/h3,5,8H,2H2,1H3,(H,11,12)/t5-/m0/s1. The summed E-state index contributed by atoms with van der Waals surface area (Å²) in [6.07, 6.45) is 1.80. The maximum absolute atomic E-state index is 10.6. The van der Waals surface area contributed by atoms with Gasteiger partial charge in [-0.25, -0.2) is 9.98 Å². The van der Waals surface area contributed by atoms with E-state index in [0.717, 1.165) is 0 Å². The number of nitrogens with zero attached hydrogens (tertiary/aromatic N) is 2. The summed E-state index contributed by atoms with van der Waals surface area (Å²) in [5, 5.41) is 11.6. The lowest BCUT2D eigenvalue weighted by Gasteiger charge is -2.08. The van der Waals surface area contributed by atoms with E-state index < -0.39 is 12.0 Å². The van der Waals surface area contributed by atoms with Crippen molar-refractivity contribution in [2.75, 3.05) is 7.05 Å². The number of carboxylic acids is 1. The molecule has 0 fully saturated rings. The molecule has 1 heterocycles. The summed E-state index contributed by atoms with van der Waals surface area (Å²) in [6.45, 7) is 0. The molecular formula is C7H9N3O2S. The van der Waals surface area contributed by atoms with E-state index in [1.807, 2.05) is 0 Å². The van der Waals surface area contributed by atoms with Gasteiger partial charge in [-0.05, 0) is 19.3 Å². The lowest BCUT2D eigenvalue weighted by Crippen LogP contribution is -2.35. The first-order valence-corrected chi connectivity index (χ1v) is 4.10. The van der Waals surface area contributed by atoms with Crippen LogP contribution in [0.3, 0.4) is 0 Å². The number of nitrogens with one attached hydrogen (secondary N) is 1. The molecule has 13 heavy (non-hydrogen) atoms. The molecule has 0 bridgehead atoms. The van der Waals surface area contributed by atoms with Crippen LogP contribution in [0.15, 0.2) is 9.98 Å². The van der Waals surface area contributed by atoms with Crippen molar-refractivity contribution in [1.82, 2.24) is 5.32 Å². The van der Waals surface area contributed by atoms with Crippen LogP contribution >= 0.6 is 12.2 Å². The lowest BCUT2D eigenvalue weighted by atomic mass is 10.1. The van der Waals surface area contributed by atoms with Crippen LogP contribution < -0.4 is 5.32 Å². The normalized spacial score (nSPS) is 17.3. The molecule has 0 spiro atoms. The molecule has 1 aliphatic rings. The Labute approximate surface area is 80.6 Å². The maximum atomic E-state index is 10.6. The van der Waals surface area contributed by atoms with E-state index in [1.165, 1.54) is 6.21 Å². The number of carboxylic acid groups (broad SMARTS) is 1. The van der Waals surface area contributed by atoms with Gasteiger partial charge in [-0.1, -0.05) is 0 Å². The second kappa shape index (κ2) is 4.20. The van der Waals surface area contributed by atoms with Gasteiger partial charge < -0.3 is 10.4 Å². The number of aliphatic imine (C=N–C) groups is 2. The Bertz CT molecular complexity index is 298. The van der Waals surface area contributed by atoms with Gasteiger partial charge in [0, 0.05) is 6.42 Å². The Hall–Kier alpha value is -1.14. The summed E-state index contributed by atoms with van der Waals surface area (Å²) < 4.78 is 0. The highest BCUT2D eigenvalue weighted by molar-refractivity contribution is 7.80. The van der Waals surface area contributed by atoms with Crippen molar-refractivity contribution < 1.29 is 9.90 Å². The van der Waals surface area contributed by atoms with Gasteiger partial charge in [-0.15, -0.1) is 0 Å².